The Labute approximate surface area is 112 Å². The molecule has 0 saturated heterocycles. The number of carbonyl (C=O) groups excluding carboxylic acids is 1. The number of rotatable bonds is 4. The summed E-state index contributed by atoms with van der Waals surface area (Å²) in [5, 5.41) is 11.5. The van der Waals surface area contributed by atoms with E-state index in [1.807, 2.05) is 31.4 Å². The van der Waals surface area contributed by atoms with Gasteiger partial charge in [0.05, 0.1) is 0 Å². The summed E-state index contributed by atoms with van der Waals surface area (Å²) in [7, 11) is 0. The van der Waals surface area contributed by atoms with E-state index >= 15 is 0 Å². The predicted molar refractivity (Wildman–Crippen MR) is 76.8 cm³/mol. The molecule has 3 nitrogen and oxygen atoms in total. The molecular weight excluding hydrogens is 246 g/mol. The molecule has 0 aliphatic heterocycles. The number of benzene rings is 1. The highest BCUT2D eigenvalue weighted by atomic mass is 32.2. The van der Waals surface area contributed by atoms with Crippen LogP contribution in [0.1, 0.15) is 17.5 Å². The van der Waals surface area contributed by atoms with Gasteiger partial charge >= 0.3 is 0 Å². The van der Waals surface area contributed by atoms with Crippen LogP contribution in [-0.2, 0) is 4.79 Å². The van der Waals surface area contributed by atoms with Crippen molar-refractivity contribution in [1.82, 2.24) is 0 Å². The summed E-state index contributed by atoms with van der Waals surface area (Å²) in [6, 6.07) is 5.56. The van der Waals surface area contributed by atoms with Crippen molar-refractivity contribution in [2.75, 3.05) is 23.9 Å². The lowest BCUT2D eigenvalue weighted by atomic mass is 10.1. The van der Waals surface area contributed by atoms with Gasteiger partial charge < -0.3 is 10.4 Å². The Balaban J connectivity index is 2.69. The second kappa shape index (κ2) is 7.80. The standard InChI is InChI=1S/C14H17NO2S/c1-11-10-13(15-14(17)7-9-18-2)6-5-12(11)4-3-8-16/h5-6,10,16H,7-9H2,1-2H3,(H,15,17). The van der Waals surface area contributed by atoms with Crippen molar-refractivity contribution in [3.63, 3.8) is 0 Å². The molecule has 18 heavy (non-hydrogen) atoms. The van der Waals surface area contributed by atoms with Gasteiger partial charge in [-0.25, -0.2) is 0 Å². The monoisotopic (exact) mass is 263 g/mol. The maximum atomic E-state index is 11.6. The average molecular weight is 263 g/mol. The predicted octanol–water partition coefficient (Wildman–Crippen LogP) is 2.03. The number of amides is 1. The summed E-state index contributed by atoms with van der Waals surface area (Å²) in [6.45, 7) is 1.78. The van der Waals surface area contributed by atoms with Crippen molar-refractivity contribution >= 4 is 23.4 Å². The molecule has 2 N–H and O–H groups in total. The lowest BCUT2D eigenvalue weighted by molar-refractivity contribution is -0.115. The number of aliphatic hydroxyl groups excluding tert-OH is 1. The molecule has 1 aromatic rings. The number of hydrogen-bond acceptors (Lipinski definition) is 3. The number of nitrogens with one attached hydrogen (secondary N) is 1. The summed E-state index contributed by atoms with van der Waals surface area (Å²) >= 11 is 1.65. The van der Waals surface area contributed by atoms with Gasteiger partial charge in [-0.05, 0) is 36.9 Å². The van der Waals surface area contributed by atoms with Crippen LogP contribution in [0.3, 0.4) is 0 Å². The number of carbonyl (C=O) groups is 1. The van der Waals surface area contributed by atoms with E-state index in [4.69, 9.17) is 5.11 Å². The molecule has 0 radical (unpaired) electrons. The zero-order chi connectivity index (χ0) is 13.4. The molecular formula is C14H17NO2S. The molecule has 1 rings (SSSR count). The van der Waals surface area contributed by atoms with Gasteiger partial charge in [0.25, 0.3) is 0 Å². The Morgan fingerprint density at radius 1 is 1.50 bits per heavy atom. The van der Waals surface area contributed by atoms with Crippen molar-refractivity contribution in [3.8, 4) is 11.8 Å². The topological polar surface area (TPSA) is 49.3 Å². The summed E-state index contributed by atoms with van der Waals surface area (Å²) in [5.74, 6) is 6.32. The van der Waals surface area contributed by atoms with Crippen molar-refractivity contribution in [3.05, 3.63) is 29.3 Å². The number of thioether (sulfide) groups is 1. The van der Waals surface area contributed by atoms with Crippen molar-refractivity contribution < 1.29 is 9.90 Å². The average Bonchev–Trinajstić information content (AvgIpc) is 2.35. The minimum Gasteiger partial charge on any atom is -0.384 e. The zero-order valence-electron chi connectivity index (χ0n) is 10.6. The summed E-state index contributed by atoms with van der Waals surface area (Å²) in [6.07, 6.45) is 2.50. The maximum Gasteiger partial charge on any atom is 0.225 e. The number of anilines is 1. The van der Waals surface area contributed by atoms with Gasteiger partial charge in [0.1, 0.15) is 6.61 Å². The summed E-state index contributed by atoms with van der Waals surface area (Å²) < 4.78 is 0. The molecule has 0 aromatic heterocycles. The minimum atomic E-state index is -0.146. The van der Waals surface area contributed by atoms with Crippen LogP contribution in [0.5, 0.6) is 0 Å². The molecule has 0 heterocycles. The molecule has 96 valence electrons. The van der Waals surface area contributed by atoms with Crippen LogP contribution in [0.2, 0.25) is 0 Å². The molecule has 0 bridgehead atoms. The van der Waals surface area contributed by atoms with Gasteiger partial charge in [0.15, 0.2) is 0 Å². The largest absolute Gasteiger partial charge is 0.384 e. The van der Waals surface area contributed by atoms with E-state index in [0.29, 0.717) is 6.42 Å². The van der Waals surface area contributed by atoms with E-state index in [1.165, 1.54) is 0 Å². The summed E-state index contributed by atoms with van der Waals surface area (Å²) in [5.41, 5.74) is 2.64. The van der Waals surface area contributed by atoms with Crippen LogP contribution < -0.4 is 5.32 Å². The van der Waals surface area contributed by atoms with Crippen LogP contribution in [0.15, 0.2) is 18.2 Å². The second-order valence-corrected chi connectivity index (χ2v) is 4.77. The number of aryl methyl sites for hydroxylation is 1. The fourth-order valence-corrected chi connectivity index (χ4v) is 1.82. The molecule has 0 aliphatic rings. The van der Waals surface area contributed by atoms with Crippen molar-refractivity contribution in [2.24, 2.45) is 0 Å². The zero-order valence-corrected chi connectivity index (χ0v) is 11.4. The first-order valence-corrected chi connectivity index (χ1v) is 7.06. The van der Waals surface area contributed by atoms with E-state index in [-0.39, 0.29) is 12.5 Å². The van der Waals surface area contributed by atoms with E-state index < -0.39 is 0 Å². The minimum absolute atomic E-state index is 0.0259. The van der Waals surface area contributed by atoms with Gasteiger partial charge in [0, 0.05) is 23.4 Å². The molecule has 0 atom stereocenters. The molecule has 0 fully saturated rings. The van der Waals surface area contributed by atoms with E-state index in [2.05, 4.69) is 17.2 Å². The maximum absolute atomic E-state index is 11.6. The fraction of sp³-hybridized carbons (Fsp3) is 0.357. The Morgan fingerprint density at radius 3 is 2.89 bits per heavy atom. The Hall–Kier alpha value is -1.44. The number of aliphatic hydroxyl groups is 1. The third kappa shape index (κ3) is 4.82. The third-order valence-electron chi connectivity index (χ3n) is 2.35. The first kappa shape index (κ1) is 14.6. The van der Waals surface area contributed by atoms with E-state index in [1.54, 1.807) is 11.8 Å². The van der Waals surface area contributed by atoms with Crippen LogP contribution in [0.4, 0.5) is 5.69 Å². The molecule has 0 aliphatic carbocycles. The highest BCUT2D eigenvalue weighted by Crippen LogP contribution is 2.14. The summed E-state index contributed by atoms with van der Waals surface area (Å²) in [4.78, 5) is 11.6. The first-order valence-electron chi connectivity index (χ1n) is 5.66. The van der Waals surface area contributed by atoms with E-state index in [9.17, 15) is 4.79 Å². The lowest BCUT2D eigenvalue weighted by Gasteiger charge is -2.06. The molecule has 1 amide bonds. The van der Waals surface area contributed by atoms with Crippen molar-refractivity contribution in [1.29, 1.82) is 0 Å². The Bertz CT molecular complexity index is 474. The molecule has 0 saturated carbocycles. The van der Waals surface area contributed by atoms with Gasteiger partial charge in [-0.3, -0.25) is 4.79 Å². The van der Waals surface area contributed by atoms with Crippen LogP contribution in [0, 0.1) is 18.8 Å². The lowest BCUT2D eigenvalue weighted by Crippen LogP contribution is -2.12. The molecule has 1 aromatic carbocycles. The second-order valence-electron chi connectivity index (χ2n) is 3.78. The van der Waals surface area contributed by atoms with E-state index in [0.717, 1.165) is 22.6 Å². The van der Waals surface area contributed by atoms with Gasteiger partial charge in [-0.15, -0.1) is 0 Å². The Kier molecular flexibility index (Phi) is 6.34. The SMILES string of the molecule is CSCCC(=O)Nc1ccc(C#CCO)c(C)c1. The smallest absolute Gasteiger partial charge is 0.225 e. The van der Waals surface area contributed by atoms with Gasteiger partial charge in [-0.1, -0.05) is 11.8 Å². The quantitative estimate of drug-likeness (QED) is 0.817. The third-order valence-corrected chi connectivity index (χ3v) is 2.96. The van der Waals surface area contributed by atoms with Crippen LogP contribution in [0.25, 0.3) is 0 Å². The number of hydrogen-bond donors (Lipinski definition) is 2. The molecule has 0 unspecified atom stereocenters. The van der Waals surface area contributed by atoms with Crippen molar-refractivity contribution in [2.45, 2.75) is 13.3 Å². The highest BCUT2D eigenvalue weighted by molar-refractivity contribution is 7.98. The van der Waals surface area contributed by atoms with Crippen LogP contribution in [-0.4, -0.2) is 29.6 Å². The van der Waals surface area contributed by atoms with Crippen LogP contribution >= 0.6 is 11.8 Å². The van der Waals surface area contributed by atoms with Gasteiger partial charge in [0.2, 0.25) is 5.91 Å². The molecule has 0 spiro atoms. The molecule has 4 heteroatoms. The first-order chi connectivity index (χ1) is 8.67. The Morgan fingerprint density at radius 2 is 2.28 bits per heavy atom. The van der Waals surface area contributed by atoms with Gasteiger partial charge in [-0.2, -0.15) is 11.8 Å². The normalized spacial score (nSPS) is 9.50. The fourth-order valence-electron chi connectivity index (χ4n) is 1.43. The highest BCUT2D eigenvalue weighted by Gasteiger charge is 2.03.